The molecule has 2 aromatic carbocycles. The molecule has 2 aromatic rings. The first-order chi connectivity index (χ1) is 9.54. The molecule has 0 spiro atoms. The molecule has 3 heteroatoms. The number of phenols is 1. The van der Waals surface area contributed by atoms with Gasteiger partial charge in [-0.15, -0.1) is 0 Å². The van der Waals surface area contributed by atoms with Crippen molar-refractivity contribution in [1.82, 2.24) is 4.90 Å². The first kappa shape index (κ1) is 14.4. The van der Waals surface area contributed by atoms with Gasteiger partial charge in [0.1, 0.15) is 5.75 Å². The Morgan fingerprint density at radius 3 is 2.55 bits per heavy atom. The molecular weight excluding hydrogens is 248 g/mol. The molecule has 106 valence electrons. The minimum absolute atomic E-state index is 0.150. The number of benzene rings is 2. The average molecular weight is 270 g/mol. The summed E-state index contributed by atoms with van der Waals surface area (Å²) in [7, 11) is 4.13. The summed E-state index contributed by atoms with van der Waals surface area (Å²) < 4.78 is 0. The lowest BCUT2D eigenvalue weighted by Crippen LogP contribution is -2.11. The molecule has 0 aliphatic rings. The Balaban J connectivity index is 2.09. The lowest BCUT2D eigenvalue weighted by molar-refractivity contribution is 0.402. The van der Waals surface area contributed by atoms with E-state index >= 15 is 0 Å². The zero-order valence-corrected chi connectivity index (χ0v) is 12.3. The Morgan fingerprint density at radius 1 is 1.10 bits per heavy atom. The number of hydrogen-bond donors (Lipinski definition) is 2. The van der Waals surface area contributed by atoms with E-state index in [-0.39, 0.29) is 6.04 Å². The third-order valence-corrected chi connectivity index (χ3v) is 3.18. The molecule has 0 aliphatic heterocycles. The van der Waals surface area contributed by atoms with Gasteiger partial charge in [0, 0.05) is 18.3 Å². The largest absolute Gasteiger partial charge is 0.508 e. The van der Waals surface area contributed by atoms with Crippen LogP contribution in [0.25, 0.3) is 0 Å². The van der Waals surface area contributed by atoms with Gasteiger partial charge in [0.25, 0.3) is 0 Å². The van der Waals surface area contributed by atoms with Crippen LogP contribution in [0.4, 0.5) is 5.69 Å². The van der Waals surface area contributed by atoms with E-state index in [1.54, 1.807) is 12.1 Å². The quantitative estimate of drug-likeness (QED) is 0.871. The number of hydrogen-bond acceptors (Lipinski definition) is 3. The fourth-order valence-corrected chi connectivity index (χ4v) is 2.25. The van der Waals surface area contributed by atoms with Crippen molar-refractivity contribution in [3.05, 3.63) is 59.7 Å². The summed E-state index contributed by atoms with van der Waals surface area (Å²) in [5.74, 6) is 0.303. The van der Waals surface area contributed by atoms with E-state index in [1.807, 2.05) is 12.1 Å². The van der Waals surface area contributed by atoms with Gasteiger partial charge < -0.3 is 15.3 Å². The molecule has 0 saturated heterocycles. The molecule has 1 atom stereocenters. The molecule has 1 unspecified atom stereocenters. The van der Waals surface area contributed by atoms with Crippen molar-refractivity contribution in [1.29, 1.82) is 0 Å². The normalized spacial score (nSPS) is 12.4. The Labute approximate surface area is 120 Å². The van der Waals surface area contributed by atoms with Gasteiger partial charge in [0.2, 0.25) is 0 Å². The Morgan fingerprint density at radius 2 is 1.85 bits per heavy atom. The fraction of sp³-hybridized carbons (Fsp3) is 0.294. The number of aromatic hydroxyl groups is 1. The van der Waals surface area contributed by atoms with Crippen LogP contribution in [0.2, 0.25) is 0 Å². The number of anilines is 1. The molecule has 0 amide bonds. The predicted molar refractivity (Wildman–Crippen MR) is 84.0 cm³/mol. The van der Waals surface area contributed by atoms with Crippen molar-refractivity contribution < 1.29 is 5.11 Å². The van der Waals surface area contributed by atoms with E-state index in [1.165, 1.54) is 5.56 Å². The molecule has 0 aromatic heterocycles. The Hall–Kier alpha value is -2.00. The number of nitrogens with one attached hydrogen (secondary N) is 1. The zero-order valence-electron chi connectivity index (χ0n) is 12.3. The lowest BCUT2D eigenvalue weighted by atomic mass is 10.1. The average Bonchev–Trinajstić information content (AvgIpc) is 2.38. The van der Waals surface area contributed by atoms with Crippen molar-refractivity contribution >= 4 is 5.69 Å². The smallest absolute Gasteiger partial charge is 0.115 e. The highest BCUT2D eigenvalue weighted by atomic mass is 16.3. The van der Waals surface area contributed by atoms with Gasteiger partial charge in [0.05, 0.1) is 0 Å². The summed E-state index contributed by atoms with van der Waals surface area (Å²) in [6, 6.07) is 15.9. The van der Waals surface area contributed by atoms with Crippen LogP contribution in [0, 0.1) is 0 Å². The summed E-state index contributed by atoms with van der Waals surface area (Å²) in [5, 5.41) is 13.0. The number of nitrogens with zero attached hydrogens (tertiary/aromatic N) is 1. The van der Waals surface area contributed by atoms with Crippen molar-refractivity contribution in [2.45, 2.75) is 19.5 Å². The van der Waals surface area contributed by atoms with Crippen molar-refractivity contribution in [3.8, 4) is 5.75 Å². The number of rotatable bonds is 5. The summed E-state index contributed by atoms with van der Waals surface area (Å²) in [6.45, 7) is 3.02. The molecule has 3 nitrogen and oxygen atoms in total. The Bertz CT molecular complexity index is 566. The van der Waals surface area contributed by atoms with Gasteiger partial charge >= 0.3 is 0 Å². The number of phenolic OH excluding ortho intramolecular Hbond substituents is 1. The van der Waals surface area contributed by atoms with Crippen LogP contribution in [0.3, 0.4) is 0 Å². The Kier molecular flexibility index (Phi) is 4.64. The van der Waals surface area contributed by atoms with Crippen molar-refractivity contribution in [2.75, 3.05) is 19.4 Å². The van der Waals surface area contributed by atoms with E-state index in [4.69, 9.17) is 0 Å². The van der Waals surface area contributed by atoms with Crippen LogP contribution < -0.4 is 5.32 Å². The van der Waals surface area contributed by atoms with E-state index in [0.29, 0.717) is 5.75 Å². The van der Waals surface area contributed by atoms with E-state index < -0.39 is 0 Å². The zero-order chi connectivity index (χ0) is 14.5. The maximum atomic E-state index is 9.54. The standard InChI is InChI=1S/C17H22N2O/c1-13(15-7-5-9-17(20)11-15)18-16-8-4-6-14(10-16)12-19(2)3/h4-11,13,18,20H,12H2,1-3H3. The second-order valence-electron chi connectivity index (χ2n) is 5.40. The summed E-state index contributed by atoms with van der Waals surface area (Å²) in [4.78, 5) is 2.15. The molecular formula is C17H22N2O. The van der Waals surface area contributed by atoms with Crippen LogP contribution in [0.1, 0.15) is 24.1 Å². The third kappa shape index (κ3) is 4.00. The molecule has 0 fully saturated rings. The van der Waals surface area contributed by atoms with Gasteiger partial charge in [-0.25, -0.2) is 0 Å². The molecule has 0 radical (unpaired) electrons. The van der Waals surface area contributed by atoms with Crippen LogP contribution in [-0.4, -0.2) is 24.1 Å². The second kappa shape index (κ2) is 6.44. The summed E-state index contributed by atoms with van der Waals surface area (Å²) in [6.07, 6.45) is 0. The highest BCUT2D eigenvalue weighted by Gasteiger charge is 2.06. The van der Waals surface area contributed by atoms with Gasteiger partial charge in [-0.2, -0.15) is 0 Å². The third-order valence-electron chi connectivity index (χ3n) is 3.18. The molecule has 0 bridgehead atoms. The molecule has 0 saturated carbocycles. The van der Waals surface area contributed by atoms with Crippen LogP contribution in [-0.2, 0) is 6.54 Å². The summed E-state index contributed by atoms with van der Waals surface area (Å²) >= 11 is 0. The summed E-state index contributed by atoms with van der Waals surface area (Å²) in [5.41, 5.74) is 3.45. The fourth-order valence-electron chi connectivity index (χ4n) is 2.25. The highest BCUT2D eigenvalue weighted by molar-refractivity contribution is 5.48. The topological polar surface area (TPSA) is 35.5 Å². The molecule has 2 N–H and O–H groups in total. The van der Waals surface area contributed by atoms with Crippen LogP contribution >= 0.6 is 0 Å². The lowest BCUT2D eigenvalue weighted by Gasteiger charge is -2.17. The maximum absolute atomic E-state index is 9.54. The SMILES string of the molecule is CC(Nc1cccc(CN(C)C)c1)c1cccc(O)c1. The molecule has 2 rings (SSSR count). The first-order valence-corrected chi connectivity index (χ1v) is 6.84. The van der Waals surface area contributed by atoms with E-state index in [9.17, 15) is 5.11 Å². The van der Waals surface area contributed by atoms with Gasteiger partial charge in [-0.3, -0.25) is 0 Å². The first-order valence-electron chi connectivity index (χ1n) is 6.84. The minimum Gasteiger partial charge on any atom is -0.508 e. The predicted octanol–water partition coefficient (Wildman–Crippen LogP) is 3.63. The molecule has 0 aliphatic carbocycles. The maximum Gasteiger partial charge on any atom is 0.115 e. The minimum atomic E-state index is 0.150. The molecule has 0 heterocycles. The van der Waals surface area contributed by atoms with E-state index in [0.717, 1.165) is 17.8 Å². The van der Waals surface area contributed by atoms with Crippen LogP contribution in [0.15, 0.2) is 48.5 Å². The highest BCUT2D eigenvalue weighted by Crippen LogP contribution is 2.22. The van der Waals surface area contributed by atoms with Crippen molar-refractivity contribution in [3.63, 3.8) is 0 Å². The molecule has 20 heavy (non-hydrogen) atoms. The van der Waals surface area contributed by atoms with Gasteiger partial charge in [0.15, 0.2) is 0 Å². The van der Waals surface area contributed by atoms with Gasteiger partial charge in [-0.1, -0.05) is 24.3 Å². The van der Waals surface area contributed by atoms with Gasteiger partial charge in [-0.05, 0) is 56.4 Å². The van der Waals surface area contributed by atoms with Crippen LogP contribution in [0.5, 0.6) is 5.75 Å². The van der Waals surface area contributed by atoms with E-state index in [2.05, 4.69) is 55.5 Å². The monoisotopic (exact) mass is 270 g/mol. The second-order valence-corrected chi connectivity index (χ2v) is 5.40. The van der Waals surface area contributed by atoms with Crippen molar-refractivity contribution in [2.24, 2.45) is 0 Å².